The molecule has 0 saturated carbocycles. The van der Waals surface area contributed by atoms with E-state index < -0.39 is 12.0 Å². The highest BCUT2D eigenvalue weighted by Crippen LogP contribution is 2.36. The summed E-state index contributed by atoms with van der Waals surface area (Å²) in [6.45, 7) is 0.772. The molecule has 0 aliphatic rings. The van der Waals surface area contributed by atoms with Crippen LogP contribution >= 0.6 is 27.5 Å². The fourth-order valence-corrected chi connectivity index (χ4v) is 5.89. The number of nitrogens with one attached hydrogen (secondary N) is 1. The van der Waals surface area contributed by atoms with Gasteiger partial charge in [0.1, 0.15) is 41.8 Å². The van der Waals surface area contributed by atoms with E-state index >= 15 is 0 Å². The molecule has 46 heavy (non-hydrogen) atoms. The van der Waals surface area contributed by atoms with E-state index in [1.54, 1.807) is 12.1 Å². The zero-order chi connectivity index (χ0) is 31.9. The third kappa shape index (κ3) is 7.23. The van der Waals surface area contributed by atoms with E-state index in [2.05, 4.69) is 49.8 Å². The predicted molar refractivity (Wildman–Crippen MR) is 180 cm³/mol. The first-order valence-corrected chi connectivity index (χ1v) is 15.7. The number of rotatable bonds is 12. The minimum absolute atomic E-state index is 0.237. The number of hydrogen-bond acceptors (Lipinski definition) is 8. The number of fused-ring (bicyclic) bond motifs is 1. The molecular weight excluding hydrogens is 670 g/mol. The maximum absolute atomic E-state index is 12.7. The highest BCUT2D eigenvalue weighted by Gasteiger charge is 2.22. The Morgan fingerprint density at radius 3 is 2.35 bits per heavy atom. The van der Waals surface area contributed by atoms with Crippen LogP contribution in [0.15, 0.2) is 118 Å². The van der Waals surface area contributed by atoms with Crippen molar-refractivity contribution in [2.75, 3.05) is 7.11 Å². The lowest BCUT2D eigenvalue weighted by Crippen LogP contribution is -2.29. The largest absolute Gasteiger partial charge is 0.488 e. The summed E-state index contributed by atoms with van der Waals surface area (Å²) >= 11 is 10.6. The molecule has 0 fully saturated rings. The third-order valence-corrected chi connectivity index (χ3v) is 8.67. The summed E-state index contributed by atoms with van der Waals surface area (Å²) < 4.78 is 23.5. The van der Waals surface area contributed by atoms with Gasteiger partial charge in [-0.15, -0.1) is 0 Å². The normalized spacial score (nSPS) is 11.7. The summed E-state index contributed by atoms with van der Waals surface area (Å²) in [7, 11) is 1.37. The van der Waals surface area contributed by atoms with E-state index in [9.17, 15) is 4.79 Å². The number of aromatic nitrogens is 2. The smallest absolute Gasteiger partial charge is 0.327 e. The molecule has 0 saturated heterocycles. The first-order valence-electron chi connectivity index (χ1n) is 14.5. The summed E-state index contributed by atoms with van der Waals surface area (Å²) in [5.41, 5.74) is 6.81. The van der Waals surface area contributed by atoms with Gasteiger partial charge in [0.15, 0.2) is 0 Å². The quantitative estimate of drug-likeness (QED) is 0.127. The first kappa shape index (κ1) is 31.3. The van der Waals surface area contributed by atoms with Crippen LogP contribution in [-0.4, -0.2) is 23.4 Å². The molecule has 5 aromatic carbocycles. The average molecular weight is 699 g/mol. The van der Waals surface area contributed by atoms with Gasteiger partial charge in [-0.05, 0) is 66.7 Å². The molecule has 1 atom stereocenters. The highest BCUT2D eigenvalue weighted by atomic mass is 79.9. The van der Waals surface area contributed by atoms with Gasteiger partial charge in [0.25, 0.3) is 0 Å². The molecule has 0 spiro atoms. The number of ether oxygens (including phenoxy) is 3. The van der Waals surface area contributed by atoms with E-state index in [1.807, 2.05) is 78.9 Å². The summed E-state index contributed by atoms with van der Waals surface area (Å²) in [4.78, 5) is 12.7. The molecule has 0 aliphatic carbocycles. The van der Waals surface area contributed by atoms with Gasteiger partial charge in [0.05, 0.1) is 12.1 Å². The topological polar surface area (TPSA) is 95.7 Å². The van der Waals surface area contributed by atoms with Crippen molar-refractivity contribution < 1.29 is 23.6 Å². The molecule has 0 radical (unpaired) electrons. The number of methoxy groups -OCH3 is 1. The van der Waals surface area contributed by atoms with Crippen molar-refractivity contribution in [1.29, 1.82) is 0 Å². The molecule has 1 N–H and O–H groups in total. The Labute approximate surface area is 279 Å². The van der Waals surface area contributed by atoms with Crippen molar-refractivity contribution in [3.05, 3.63) is 141 Å². The SMILES string of the molecule is COC(=O)[C@@H](NCc1cc(Cl)c(OCc2cccc(-c3ccccc3)c2Br)cc1OCc1ccc2nonc2c1)c1ccccc1. The van der Waals surface area contributed by atoms with Gasteiger partial charge in [0.2, 0.25) is 0 Å². The molecule has 232 valence electrons. The number of benzene rings is 5. The Bertz CT molecular complexity index is 1950. The van der Waals surface area contributed by atoms with Crippen molar-refractivity contribution in [2.24, 2.45) is 0 Å². The Kier molecular flexibility index (Phi) is 9.93. The van der Waals surface area contributed by atoms with Crippen LogP contribution in [0.2, 0.25) is 5.02 Å². The van der Waals surface area contributed by atoms with Crippen molar-refractivity contribution in [1.82, 2.24) is 15.6 Å². The lowest BCUT2D eigenvalue weighted by Gasteiger charge is -2.20. The van der Waals surface area contributed by atoms with Crippen molar-refractivity contribution >= 4 is 44.5 Å². The van der Waals surface area contributed by atoms with Crippen LogP contribution in [0.3, 0.4) is 0 Å². The van der Waals surface area contributed by atoms with Gasteiger partial charge >= 0.3 is 5.97 Å². The van der Waals surface area contributed by atoms with Crippen molar-refractivity contribution in [2.45, 2.75) is 25.8 Å². The van der Waals surface area contributed by atoms with Gasteiger partial charge in [-0.3, -0.25) is 5.32 Å². The average Bonchev–Trinajstić information content (AvgIpc) is 3.57. The molecule has 6 aromatic rings. The number of nitrogens with zero attached hydrogens (tertiary/aromatic N) is 2. The second-order valence-electron chi connectivity index (χ2n) is 10.4. The van der Waals surface area contributed by atoms with Crippen LogP contribution in [0.5, 0.6) is 11.5 Å². The minimum Gasteiger partial charge on any atom is -0.488 e. The van der Waals surface area contributed by atoms with E-state index in [1.165, 1.54) is 7.11 Å². The number of hydrogen-bond donors (Lipinski definition) is 1. The lowest BCUT2D eigenvalue weighted by molar-refractivity contribution is -0.143. The predicted octanol–water partition coefficient (Wildman–Crippen LogP) is 8.47. The minimum atomic E-state index is -0.690. The fraction of sp³-hybridized carbons (Fsp3) is 0.139. The van der Waals surface area contributed by atoms with E-state index in [0.29, 0.717) is 27.6 Å². The van der Waals surface area contributed by atoms with Crippen LogP contribution in [-0.2, 0) is 29.3 Å². The van der Waals surface area contributed by atoms with Crippen LogP contribution in [0, 0.1) is 0 Å². The molecule has 8 nitrogen and oxygen atoms in total. The Morgan fingerprint density at radius 1 is 0.826 bits per heavy atom. The maximum Gasteiger partial charge on any atom is 0.327 e. The zero-order valence-corrected chi connectivity index (χ0v) is 27.1. The van der Waals surface area contributed by atoms with Gasteiger partial charge in [-0.2, -0.15) is 0 Å². The third-order valence-electron chi connectivity index (χ3n) is 7.44. The Balaban J connectivity index is 1.26. The highest BCUT2D eigenvalue weighted by molar-refractivity contribution is 9.10. The van der Waals surface area contributed by atoms with Gasteiger partial charge in [-0.1, -0.05) is 96.5 Å². The number of esters is 1. The summed E-state index contributed by atoms with van der Waals surface area (Å²) in [6, 6.07) is 34.1. The molecule has 10 heteroatoms. The summed E-state index contributed by atoms with van der Waals surface area (Å²) in [5, 5.41) is 11.5. The van der Waals surface area contributed by atoms with Crippen molar-refractivity contribution in [3.8, 4) is 22.6 Å². The summed E-state index contributed by atoms with van der Waals surface area (Å²) in [6.07, 6.45) is 0. The van der Waals surface area contributed by atoms with E-state index in [4.69, 9.17) is 30.4 Å². The van der Waals surface area contributed by atoms with Crippen LogP contribution in [0.4, 0.5) is 0 Å². The maximum atomic E-state index is 12.7. The molecule has 0 aliphatic heterocycles. The van der Waals surface area contributed by atoms with Gasteiger partial charge in [0, 0.05) is 28.2 Å². The number of halogens is 2. The molecular formula is C36H29BrClN3O5. The van der Waals surface area contributed by atoms with Gasteiger partial charge < -0.3 is 14.2 Å². The summed E-state index contributed by atoms with van der Waals surface area (Å²) in [5.74, 6) is 0.595. The Hall–Kier alpha value is -4.70. The Morgan fingerprint density at radius 2 is 1.57 bits per heavy atom. The molecule has 6 rings (SSSR count). The van der Waals surface area contributed by atoms with E-state index in [0.717, 1.165) is 37.9 Å². The second-order valence-corrected chi connectivity index (χ2v) is 11.6. The molecule has 1 heterocycles. The fourth-order valence-electron chi connectivity index (χ4n) is 5.04. The number of carbonyl (C=O) groups is 1. The molecule has 0 unspecified atom stereocenters. The standard InChI is InChI=1S/C36H29BrClN3O5/c1-43-36(42)35(25-11-6-3-7-12-25)39-20-27-18-29(38)33(19-32(27)44-21-23-15-16-30-31(17-23)41-46-40-30)45-22-26-13-8-14-28(34(26)37)24-9-4-2-5-10-24/h2-19,35,39H,20-22H2,1H3/t35-/m0/s1. The molecule has 0 bridgehead atoms. The molecule has 0 amide bonds. The first-order chi connectivity index (χ1) is 22.5. The zero-order valence-electron chi connectivity index (χ0n) is 24.8. The van der Waals surface area contributed by atoms with Crippen LogP contribution in [0.25, 0.3) is 22.2 Å². The second kappa shape index (κ2) is 14.6. The lowest BCUT2D eigenvalue weighted by atomic mass is 10.0. The van der Waals surface area contributed by atoms with Gasteiger partial charge in [-0.25, -0.2) is 9.42 Å². The number of carbonyl (C=O) groups excluding carboxylic acids is 1. The van der Waals surface area contributed by atoms with E-state index in [-0.39, 0.29) is 19.8 Å². The van der Waals surface area contributed by atoms with Crippen LogP contribution in [0.1, 0.15) is 28.3 Å². The van der Waals surface area contributed by atoms with Crippen LogP contribution < -0.4 is 14.8 Å². The molecule has 1 aromatic heterocycles. The van der Waals surface area contributed by atoms with Crippen molar-refractivity contribution in [3.63, 3.8) is 0 Å². The monoisotopic (exact) mass is 697 g/mol.